The molecule has 2 heterocycles. The molecule has 0 bridgehead atoms. The Kier molecular flexibility index (Phi) is 7.12. The number of hydrogen-bond donors (Lipinski definition) is 1. The summed E-state index contributed by atoms with van der Waals surface area (Å²) in [6.07, 6.45) is 2.38. The van der Waals surface area contributed by atoms with E-state index in [2.05, 4.69) is 32.1 Å². The first kappa shape index (κ1) is 22.3. The lowest BCUT2D eigenvalue weighted by atomic mass is 9.86. The van der Waals surface area contributed by atoms with Gasteiger partial charge < -0.3 is 4.90 Å². The van der Waals surface area contributed by atoms with Crippen molar-refractivity contribution in [3.05, 3.63) is 30.1 Å². The summed E-state index contributed by atoms with van der Waals surface area (Å²) in [4.78, 5) is 26.4. The minimum atomic E-state index is -4.47. The number of carbonyl (C=O) groups is 1. The third-order valence-electron chi connectivity index (χ3n) is 5.48. The van der Waals surface area contributed by atoms with E-state index in [1.807, 2.05) is 0 Å². The normalized spacial score (nSPS) is 19.8. The SMILES string of the molecule is CONC(=O)CCCC[C@@H]1C[C@H](C)CN(c2ccc(C(F)(F)F)c3nccnc23)C1. The van der Waals surface area contributed by atoms with Crippen molar-refractivity contribution in [2.75, 3.05) is 25.1 Å². The summed E-state index contributed by atoms with van der Waals surface area (Å²) in [6, 6.07) is 2.62. The second-order valence-electron chi connectivity index (χ2n) is 7.97. The fraction of sp³-hybridized carbons (Fsp3) is 0.571. The van der Waals surface area contributed by atoms with Crippen molar-refractivity contribution in [2.45, 2.75) is 45.2 Å². The van der Waals surface area contributed by atoms with Gasteiger partial charge >= 0.3 is 6.18 Å². The zero-order chi connectivity index (χ0) is 21.7. The monoisotopic (exact) mass is 424 g/mol. The van der Waals surface area contributed by atoms with Crippen molar-refractivity contribution in [2.24, 2.45) is 11.8 Å². The molecule has 1 aliphatic heterocycles. The second-order valence-corrected chi connectivity index (χ2v) is 7.97. The Morgan fingerprint density at radius 2 is 1.93 bits per heavy atom. The van der Waals surface area contributed by atoms with Gasteiger partial charge in [-0.2, -0.15) is 13.2 Å². The van der Waals surface area contributed by atoms with Crippen LogP contribution < -0.4 is 10.4 Å². The minimum Gasteiger partial charge on any atom is -0.369 e. The maximum atomic E-state index is 13.4. The van der Waals surface area contributed by atoms with E-state index in [0.29, 0.717) is 23.9 Å². The van der Waals surface area contributed by atoms with E-state index in [-0.39, 0.29) is 16.9 Å². The number of alkyl halides is 3. The van der Waals surface area contributed by atoms with Crippen LogP contribution in [0, 0.1) is 11.8 Å². The van der Waals surface area contributed by atoms with Crippen LogP contribution in [0.2, 0.25) is 0 Å². The Labute approximate surface area is 173 Å². The molecular weight excluding hydrogens is 397 g/mol. The standard InChI is InChI=1S/C21H27F3N4O2/c1-14-11-15(5-3-4-6-18(29)27-30-2)13-28(12-14)17-8-7-16(21(22,23)24)19-20(17)26-10-9-25-19/h7-10,14-15H,3-6,11-13H2,1-2H3,(H,27,29)/t14-,15+/m0/s1. The molecule has 164 valence electrons. The molecule has 3 rings (SSSR count). The highest BCUT2D eigenvalue weighted by Crippen LogP contribution is 2.38. The molecule has 1 saturated heterocycles. The van der Waals surface area contributed by atoms with Gasteiger partial charge in [-0.3, -0.25) is 19.6 Å². The molecular formula is C21H27F3N4O2. The summed E-state index contributed by atoms with van der Waals surface area (Å²) in [5.74, 6) is 0.689. The minimum absolute atomic E-state index is 0.110. The molecule has 0 saturated carbocycles. The number of nitrogens with zero attached hydrogens (tertiary/aromatic N) is 3. The Morgan fingerprint density at radius 3 is 2.63 bits per heavy atom. The smallest absolute Gasteiger partial charge is 0.369 e. The van der Waals surface area contributed by atoms with Gasteiger partial charge in [0.15, 0.2) is 0 Å². The zero-order valence-corrected chi connectivity index (χ0v) is 17.2. The lowest BCUT2D eigenvalue weighted by molar-refractivity contribution is -0.136. The largest absolute Gasteiger partial charge is 0.418 e. The number of anilines is 1. The molecule has 1 fully saturated rings. The van der Waals surface area contributed by atoms with Crippen molar-refractivity contribution in [1.82, 2.24) is 15.4 Å². The highest BCUT2D eigenvalue weighted by molar-refractivity contribution is 5.90. The summed E-state index contributed by atoms with van der Waals surface area (Å²) in [5, 5.41) is 0. The number of rotatable bonds is 7. The maximum absolute atomic E-state index is 13.4. The first-order valence-corrected chi connectivity index (χ1v) is 10.2. The van der Waals surface area contributed by atoms with E-state index in [0.717, 1.165) is 44.8 Å². The molecule has 0 spiro atoms. The Bertz CT molecular complexity index is 875. The average Bonchev–Trinajstić information content (AvgIpc) is 2.69. The van der Waals surface area contributed by atoms with E-state index in [1.54, 1.807) is 0 Å². The number of halogens is 3. The highest BCUT2D eigenvalue weighted by Gasteiger charge is 2.35. The van der Waals surface area contributed by atoms with Crippen molar-refractivity contribution >= 4 is 22.6 Å². The van der Waals surface area contributed by atoms with E-state index >= 15 is 0 Å². The first-order valence-electron chi connectivity index (χ1n) is 10.2. The fourth-order valence-electron chi connectivity index (χ4n) is 4.30. The Balaban J connectivity index is 1.73. The first-order chi connectivity index (χ1) is 14.3. The quantitative estimate of drug-likeness (QED) is 0.529. The van der Waals surface area contributed by atoms with E-state index in [4.69, 9.17) is 0 Å². The number of fused-ring (bicyclic) bond motifs is 1. The molecule has 0 unspecified atom stereocenters. The van der Waals surface area contributed by atoms with Crippen molar-refractivity contribution < 1.29 is 22.8 Å². The molecule has 2 atom stereocenters. The molecule has 1 aromatic carbocycles. The van der Waals surface area contributed by atoms with Gasteiger partial charge in [0.25, 0.3) is 0 Å². The third-order valence-corrected chi connectivity index (χ3v) is 5.48. The molecule has 9 heteroatoms. The van der Waals surface area contributed by atoms with Crippen LogP contribution in [0.25, 0.3) is 11.0 Å². The van der Waals surface area contributed by atoms with Gasteiger partial charge in [-0.15, -0.1) is 0 Å². The molecule has 30 heavy (non-hydrogen) atoms. The van der Waals surface area contributed by atoms with Gasteiger partial charge in [-0.1, -0.05) is 13.3 Å². The van der Waals surface area contributed by atoms with Crippen molar-refractivity contribution in [1.29, 1.82) is 0 Å². The van der Waals surface area contributed by atoms with Crippen LogP contribution in [0.1, 0.15) is 44.6 Å². The molecule has 1 aliphatic rings. The Hall–Kier alpha value is -2.42. The molecule has 0 aliphatic carbocycles. The fourth-order valence-corrected chi connectivity index (χ4v) is 4.30. The Morgan fingerprint density at radius 1 is 1.20 bits per heavy atom. The van der Waals surface area contributed by atoms with Crippen LogP contribution >= 0.6 is 0 Å². The van der Waals surface area contributed by atoms with Crippen molar-refractivity contribution in [3.63, 3.8) is 0 Å². The van der Waals surface area contributed by atoms with E-state index < -0.39 is 11.7 Å². The van der Waals surface area contributed by atoms with Gasteiger partial charge in [0.05, 0.1) is 18.4 Å². The number of piperidine rings is 1. The number of carbonyl (C=O) groups excluding carboxylic acids is 1. The lowest BCUT2D eigenvalue weighted by Gasteiger charge is -2.38. The second kappa shape index (κ2) is 9.59. The molecule has 1 N–H and O–H groups in total. The topological polar surface area (TPSA) is 67.3 Å². The number of hydroxylamine groups is 1. The van der Waals surface area contributed by atoms with Gasteiger partial charge in [0.2, 0.25) is 5.91 Å². The summed E-state index contributed by atoms with van der Waals surface area (Å²) in [6.45, 7) is 3.68. The number of nitrogens with one attached hydrogen (secondary N) is 1. The van der Waals surface area contributed by atoms with Crippen LogP contribution in [0.15, 0.2) is 24.5 Å². The highest BCUT2D eigenvalue weighted by atomic mass is 19.4. The summed E-state index contributed by atoms with van der Waals surface area (Å²) in [7, 11) is 1.41. The number of aromatic nitrogens is 2. The molecule has 6 nitrogen and oxygen atoms in total. The third kappa shape index (κ3) is 5.38. The lowest BCUT2D eigenvalue weighted by Crippen LogP contribution is -2.40. The summed E-state index contributed by atoms with van der Waals surface area (Å²) >= 11 is 0. The van der Waals surface area contributed by atoms with Crippen LogP contribution in [0.3, 0.4) is 0 Å². The predicted molar refractivity (Wildman–Crippen MR) is 108 cm³/mol. The van der Waals surface area contributed by atoms with Crippen LogP contribution in [-0.4, -0.2) is 36.1 Å². The zero-order valence-electron chi connectivity index (χ0n) is 17.2. The average molecular weight is 424 g/mol. The van der Waals surface area contributed by atoms with Crippen LogP contribution in [0.4, 0.5) is 18.9 Å². The number of hydrogen-bond acceptors (Lipinski definition) is 5. The van der Waals surface area contributed by atoms with Gasteiger partial charge in [0, 0.05) is 31.9 Å². The molecule has 0 radical (unpaired) electrons. The molecule has 1 amide bonds. The number of amides is 1. The van der Waals surface area contributed by atoms with Gasteiger partial charge in [0.1, 0.15) is 11.0 Å². The van der Waals surface area contributed by atoms with Gasteiger partial charge in [-0.25, -0.2) is 5.48 Å². The maximum Gasteiger partial charge on any atom is 0.418 e. The summed E-state index contributed by atoms with van der Waals surface area (Å²) in [5.41, 5.74) is 2.43. The number of benzene rings is 1. The van der Waals surface area contributed by atoms with E-state index in [9.17, 15) is 18.0 Å². The molecule has 1 aromatic heterocycles. The number of unbranched alkanes of at least 4 members (excludes halogenated alkanes) is 1. The van der Waals surface area contributed by atoms with Gasteiger partial charge in [-0.05, 0) is 43.2 Å². The predicted octanol–water partition coefficient (Wildman–Crippen LogP) is 4.35. The van der Waals surface area contributed by atoms with Crippen LogP contribution in [0.5, 0.6) is 0 Å². The van der Waals surface area contributed by atoms with E-state index in [1.165, 1.54) is 25.6 Å². The molecule has 2 aromatic rings. The summed E-state index contributed by atoms with van der Waals surface area (Å²) < 4.78 is 40.1. The van der Waals surface area contributed by atoms with Crippen molar-refractivity contribution in [3.8, 4) is 0 Å². The van der Waals surface area contributed by atoms with Crippen LogP contribution in [-0.2, 0) is 15.8 Å².